The molecule has 1 fully saturated rings. The van der Waals surface area contributed by atoms with Crippen molar-refractivity contribution in [3.05, 3.63) is 62.0 Å². The zero-order valence-electron chi connectivity index (χ0n) is 17.6. The van der Waals surface area contributed by atoms with Gasteiger partial charge in [0.1, 0.15) is 22.3 Å². The van der Waals surface area contributed by atoms with Gasteiger partial charge in [-0.05, 0) is 55.2 Å². The number of pyridine rings is 2. The molecule has 0 aliphatic carbocycles. The van der Waals surface area contributed by atoms with Crippen molar-refractivity contribution in [2.75, 3.05) is 23.3 Å². The number of hydrogen-bond donors (Lipinski definition) is 1. The van der Waals surface area contributed by atoms with Gasteiger partial charge in [0.15, 0.2) is 0 Å². The van der Waals surface area contributed by atoms with Gasteiger partial charge in [0.25, 0.3) is 5.56 Å². The Morgan fingerprint density at radius 2 is 2.03 bits per heavy atom. The molecule has 1 aliphatic rings. The van der Waals surface area contributed by atoms with Crippen molar-refractivity contribution in [3.8, 4) is 6.07 Å². The van der Waals surface area contributed by atoms with Crippen molar-refractivity contribution < 1.29 is 0 Å². The lowest BCUT2D eigenvalue weighted by Gasteiger charge is -2.39. The molecular weight excluding hydrogens is 433 g/mol. The Morgan fingerprint density at radius 3 is 2.71 bits per heavy atom. The maximum Gasteiger partial charge on any atom is 0.270 e. The van der Waals surface area contributed by atoms with Crippen LogP contribution in [0.2, 0.25) is 10.2 Å². The van der Waals surface area contributed by atoms with Gasteiger partial charge in [-0.3, -0.25) is 4.79 Å². The molecule has 0 unspecified atom stereocenters. The van der Waals surface area contributed by atoms with Crippen LogP contribution in [-0.4, -0.2) is 28.7 Å². The third-order valence-corrected chi connectivity index (χ3v) is 6.49. The minimum Gasteiger partial charge on any atom is -0.382 e. The van der Waals surface area contributed by atoms with Crippen molar-refractivity contribution in [3.63, 3.8) is 0 Å². The molecule has 1 aliphatic heterocycles. The van der Waals surface area contributed by atoms with Crippen molar-refractivity contribution in [2.24, 2.45) is 13.0 Å². The first-order valence-electron chi connectivity index (χ1n) is 10.2. The number of aryl methyl sites for hydroxylation is 2. The highest BCUT2D eigenvalue weighted by atomic mass is 35.5. The molecule has 0 bridgehead atoms. The Bertz CT molecular complexity index is 1260. The van der Waals surface area contributed by atoms with Gasteiger partial charge in [-0.25, -0.2) is 4.98 Å². The monoisotopic (exact) mass is 455 g/mol. The van der Waals surface area contributed by atoms with Crippen molar-refractivity contribution in [1.29, 1.82) is 5.26 Å². The third kappa shape index (κ3) is 3.96. The third-order valence-electron chi connectivity index (χ3n) is 6.04. The molecule has 4 rings (SSSR count). The lowest BCUT2D eigenvalue weighted by atomic mass is 9.92. The van der Waals surface area contributed by atoms with Crippen LogP contribution < -0.4 is 15.8 Å². The average Bonchev–Trinajstić information content (AvgIpc) is 2.73. The highest BCUT2D eigenvalue weighted by Gasteiger charge is 2.30. The fraction of sp³-hybridized carbons (Fsp3) is 0.348. The van der Waals surface area contributed by atoms with Gasteiger partial charge in [0, 0.05) is 36.9 Å². The first kappa shape index (κ1) is 21.5. The standard InChI is InChI=1S/C23H23Cl2N5O/c1-13-10-15(24)4-5-17(13)27-18-8-9-30(12-14(18)2)22-16(11-26)23(31)29(3)19-6-7-20(25)28-21(19)22/h4-7,10,14,18,27H,8-9,12H2,1-3H3/t14-,18-/m1/s1. The smallest absolute Gasteiger partial charge is 0.270 e. The van der Waals surface area contributed by atoms with Crippen LogP contribution in [0.5, 0.6) is 0 Å². The van der Waals surface area contributed by atoms with Crippen LogP contribution >= 0.6 is 23.2 Å². The number of halogens is 2. The Labute approximate surface area is 191 Å². The summed E-state index contributed by atoms with van der Waals surface area (Å²) in [5, 5.41) is 14.5. The molecule has 0 spiro atoms. The second kappa shape index (κ2) is 8.41. The summed E-state index contributed by atoms with van der Waals surface area (Å²) < 4.78 is 1.46. The van der Waals surface area contributed by atoms with Crippen LogP contribution in [0.25, 0.3) is 11.0 Å². The molecule has 0 amide bonds. The van der Waals surface area contributed by atoms with Gasteiger partial charge >= 0.3 is 0 Å². The summed E-state index contributed by atoms with van der Waals surface area (Å²) in [6.45, 7) is 5.59. The number of hydrogen-bond acceptors (Lipinski definition) is 5. The molecule has 0 saturated carbocycles. The number of piperidine rings is 1. The lowest BCUT2D eigenvalue weighted by Crippen LogP contribution is -2.46. The molecule has 3 aromatic rings. The highest BCUT2D eigenvalue weighted by Crippen LogP contribution is 2.33. The second-order valence-corrected chi connectivity index (χ2v) is 8.95. The zero-order valence-corrected chi connectivity index (χ0v) is 19.1. The lowest BCUT2D eigenvalue weighted by molar-refractivity contribution is 0.404. The van der Waals surface area contributed by atoms with Crippen LogP contribution in [0.4, 0.5) is 11.4 Å². The van der Waals surface area contributed by atoms with Gasteiger partial charge in [-0.1, -0.05) is 30.1 Å². The highest BCUT2D eigenvalue weighted by molar-refractivity contribution is 6.30. The molecule has 1 N–H and O–H groups in total. The minimum atomic E-state index is -0.321. The molecule has 8 heteroatoms. The number of aromatic nitrogens is 2. The van der Waals surface area contributed by atoms with E-state index in [0.29, 0.717) is 35.0 Å². The summed E-state index contributed by atoms with van der Waals surface area (Å²) in [6.07, 6.45) is 0.853. The molecule has 31 heavy (non-hydrogen) atoms. The van der Waals surface area contributed by atoms with E-state index < -0.39 is 0 Å². The Morgan fingerprint density at radius 1 is 1.26 bits per heavy atom. The van der Waals surface area contributed by atoms with Crippen LogP contribution in [0.3, 0.4) is 0 Å². The van der Waals surface area contributed by atoms with Gasteiger partial charge in [0.2, 0.25) is 0 Å². The molecule has 1 aromatic carbocycles. The summed E-state index contributed by atoms with van der Waals surface area (Å²) in [4.78, 5) is 19.4. The summed E-state index contributed by atoms with van der Waals surface area (Å²) in [5.41, 5.74) is 3.78. The fourth-order valence-electron chi connectivity index (χ4n) is 4.33. The van der Waals surface area contributed by atoms with E-state index in [1.807, 2.05) is 25.1 Å². The molecule has 6 nitrogen and oxygen atoms in total. The molecular formula is C23H23Cl2N5O. The predicted octanol–water partition coefficient (Wildman–Crippen LogP) is 4.75. The molecule has 2 atom stereocenters. The maximum atomic E-state index is 12.8. The van der Waals surface area contributed by atoms with Gasteiger partial charge < -0.3 is 14.8 Å². The molecule has 3 heterocycles. The summed E-state index contributed by atoms with van der Waals surface area (Å²) in [5.74, 6) is 0.272. The number of nitriles is 1. The molecule has 160 valence electrons. The van der Waals surface area contributed by atoms with Crippen molar-refractivity contribution in [2.45, 2.75) is 26.3 Å². The summed E-state index contributed by atoms with van der Waals surface area (Å²) >= 11 is 12.2. The van der Waals surface area contributed by atoms with Crippen molar-refractivity contribution >= 4 is 45.6 Å². The largest absolute Gasteiger partial charge is 0.382 e. The number of nitrogens with zero attached hydrogens (tertiary/aromatic N) is 4. The van der Waals surface area contributed by atoms with Crippen LogP contribution in [0.1, 0.15) is 24.5 Å². The Kier molecular flexibility index (Phi) is 5.83. The molecule has 0 radical (unpaired) electrons. The fourth-order valence-corrected chi connectivity index (χ4v) is 4.70. The number of fused-ring (bicyclic) bond motifs is 1. The molecule has 1 saturated heterocycles. The normalized spacial score (nSPS) is 18.8. The number of benzene rings is 1. The number of rotatable bonds is 3. The Hall–Kier alpha value is -2.75. The van der Waals surface area contributed by atoms with E-state index in [-0.39, 0.29) is 23.1 Å². The van der Waals surface area contributed by atoms with Gasteiger partial charge in [0.05, 0.1) is 11.2 Å². The first-order valence-corrected chi connectivity index (χ1v) is 10.9. The van der Waals surface area contributed by atoms with Crippen LogP contribution in [-0.2, 0) is 7.05 Å². The number of nitrogens with one attached hydrogen (secondary N) is 1. The van der Waals surface area contributed by atoms with E-state index in [9.17, 15) is 10.1 Å². The van der Waals surface area contributed by atoms with E-state index in [2.05, 4.69) is 28.2 Å². The second-order valence-electron chi connectivity index (χ2n) is 8.12. The molecule has 2 aromatic heterocycles. The van der Waals surface area contributed by atoms with Gasteiger partial charge in [-0.15, -0.1) is 0 Å². The quantitative estimate of drug-likeness (QED) is 0.576. The minimum absolute atomic E-state index is 0.108. The van der Waals surface area contributed by atoms with E-state index in [4.69, 9.17) is 23.2 Å². The van der Waals surface area contributed by atoms with Crippen LogP contribution in [0.15, 0.2) is 35.1 Å². The summed E-state index contributed by atoms with van der Waals surface area (Å²) in [6, 6.07) is 11.6. The number of anilines is 2. The van der Waals surface area contributed by atoms with Gasteiger partial charge in [-0.2, -0.15) is 5.26 Å². The topological polar surface area (TPSA) is 74.0 Å². The zero-order chi connectivity index (χ0) is 22.3. The Balaban J connectivity index is 1.68. The average molecular weight is 456 g/mol. The SMILES string of the molecule is Cc1cc(Cl)ccc1N[C@@H]1CCN(c2c(C#N)c(=O)n(C)c3ccc(Cl)nc23)C[C@H]1C. The predicted molar refractivity (Wildman–Crippen MR) is 126 cm³/mol. The maximum absolute atomic E-state index is 12.8. The van der Waals surface area contributed by atoms with E-state index in [1.165, 1.54) is 4.57 Å². The van der Waals surface area contributed by atoms with E-state index >= 15 is 0 Å². The van der Waals surface area contributed by atoms with E-state index in [1.54, 1.807) is 19.2 Å². The van der Waals surface area contributed by atoms with Crippen LogP contribution in [0, 0.1) is 24.2 Å². The first-order chi connectivity index (χ1) is 14.8. The van der Waals surface area contributed by atoms with E-state index in [0.717, 1.165) is 22.7 Å². The van der Waals surface area contributed by atoms with Crippen molar-refractivity contribution in [1.82, 2.24) is 9.55 Å². The summed E-state index contributed by atoms with van der Waals surface area (Å²) in [7, 11) is 1.65.